The second-order valence-corrected chi connectivity index (χ2v) is 11.5. The van der Waals surface area contributed by atoms with Crippen molar-refractivity contribution in [3.63, 3.8) is 0 Å². The van der Waals surface area contributed by atoms with Crippen LogP contribution in [0.25, 0.3) is 10.6 Å². The number of halogens is 3. The Balaban J connectivity index is 1.77. The summed E-state index contributed by atoms with van der Waals surface area (Å²) in [6.07, 6.45) is 3.42. The zero-order chi connectivity index (χ0) is 22.2. The fourth-order valence-electron chi connectivity index (χ4n) is 4.21. The molecule has 0 bridgehead atoms. The van der Waals surface area contributed by atoms with Crippen molar-refractivity contribution < 1.29 is 9.39 Å². The zero-order valence-electron chi connectivity index (χ0n) is 17.3. The van der Waals surface area contributed by atoms with Crippen LogP contribution in [0.15, 0.2) is 34.1 Å². The highest BCUT2D eigenvalue weighted by Gasteiger charge is 2.33. The van der Waals surface area contributed by atoms with Crippen molar-refractivity contribution in [1.29, 1.82) is 0 Å². The molecule has 1 aliphatic heterocycles. The Morgan fingerprint density at radius 1 is 1.23 bits per heavy atom. The summed E-state index contributed by atoms with van der Waals surface area (Å²) in [7, 11) is 2.07. The lowest BCUT2D eigenvalue weighted by Crippen LogP contribution is -2.59. The van der Waals surface area contributed by atoms with Crippen molar-refractivity contribution in [2.24, 2.45) is 0 Å². The van der Waals surface area contributed by atoms with Crippen molar-refractivity contribution >= 4 is 56.4 Å². The smallest absolute Gasteiger partial charge is 0.276 e. The van der Waals surface area contributed by atoms with Gasteiger partial charge in [-0.25, -0.2) is 4.59 Å². The van der Waals surface area contributed by atoms with Crippen molar-refractivity contribution in [2.75, 3.05) is 20.1 Å². The Labute approximate surface area is 204 Å². The van der Waals surface area contributed by atoms with Gasteiger partial charge in [0, 0.05) is 21.5 Å². The first-order valence-corrected chi connectivity index (χ1v) is 12.6. The van der Waals surface area contributed by atoms with Gasteiger partial charge >= 0.3 is 5.91 Å². The molecule has 1 aromatic carbocycles. The van der Waals surface area contributed by atoms with Gasteiger partial charge in [0.25, 0.3) is 0 Å². The lowest BCUT2D eigenvalue weighted by molar-refractivity contribution is -0.947. The predicted octanol–water partition coefficient (Wildman–Crippen LogP) is 6.63. The molecule has 0 aliphatic carbocycles. The van der Waals surface area contributed by atoms with Gasteiger partial charge in [-0.3, -0.25) is 9.89 Å². The minimum atomic E-state index is -0.172. The van der Waals surface area contributed by atoms with Crippen molar-refractivity contribution in [3.05, 3.63) is 61.0 Å². The van der Waals surface area contributed by atoms with Crippen molar-refractivity contribution in [1.82, 2.24) is 15.6 Å². The summed E-state index contributed by atoms with van der Waals surface area (Å²) in [6, 6.07) is 9.47. The molecular formula is C22H24BrCl2N4OS+. The number of aromatic amines is 1. The quantitative estimate of drug-likeness (QED) is 0.355. The largest absolute Gasteiger partial charge is 0.316 e. The molecule has 3 aromatic rings. The van der Waals surface area contributed by atoms with E-state index in [2.05, 4.69) is 38.6 Å². The van der Waals surface area contributed by atoms with E-state index in [-0.39, 0.29) is 11.8 Å². The molecule has 31 heavy (non-hydrogen) atoms. The summed E-state index contributed by atoms with van der Waals surface area (Å²) >= 11 is 17.8. The van der Waals surface area contributed by atoms with Crippen LogP contribution in [-0.2, 0) is 0 Å². The molecule has 1 unspecified atom stereocenters. The van der Waals surface area contributed by atoms with Crippen molar-refractivity contribution in [2.45, 2.75) is 32.1 Å². The van der Waals surface area contributed by atoms with E-state index in [1.807, 2.05) is 31.2 Å². The molecule has 2 N–H and O–H groups in total. The Morgan fingerprint density at radius 3 is 2.61 bits per heavy atom. The molecule has 1 saturated heterocycles. The predicted molar refractivity (Wildman–Crippen MR) is 131 cm³/mol. The number of hydrogen-bond donors (Lipinski definition) is 2. The molecule has 2 aromatic heterocycles. The summed E-state index contributed by atoms with van der Waals surface area (Å²) in [5.41, 5.74) is 6.18. The molecule has 164 valence electrons. The Kier molecular flexibility index (Phi) is 6.79. The second kappa shape index (κ2) is 9.24. The number of quaternary nitrogens is 1. The van der Waals surface area contributed by atoms with Gasteiger partial charge in [-0.05, 0) is 65.0 Å². The second-order valence-electron chi connectivity index (χ2n) is 8.20. The van der Waals surface area contributed by atoms with E-state index in [0.29, 0.717) is 20.3 Å². The van der Waals surface area contributed by atoms with E-state index in [9.17, 15) is 4.79 Å². The first-order chi connectivity index (χ1) is 14.8. The zero-order valence-corrected chi connectivity index (χ0v) is 21.3. The van der Waals surface area contributed by atoms with Gasteiger partial charge in [0.2, 0.25) is 0 Å². The Morgan fingerprint density at radius 2 is 1.97 bits per heavy atom. The molecule has 5 nitrogen and oxygen atoms in total. The molecule has 1 aliphatic rings. The summed E-state index contributed by atoms with van der Waals surface area (Å²) in [5.74, 6) is -0.332. The highest BCUT2D eigenvalue weighted by atomic mass is 79.9. The summed E-state index contributed by atoms with van der Waals surface area (Å²) in [4.78, 5) is 14.4. The number of rotatable bonds is 5. The third-order valence-electron chi connectivity index (χ3n) is 5.88. The Hall–Kier alpha value is -1.38. The third kappa shape index (κ3) is 4.86. The normalized spacial score (nSPS) is 16.8. The maximum absolute atomic E-state index is 13.4. The standard InChI is InChI=1S/C22H23BrCl2N4OS/c1-13(15-7-6-14(24)12-16(15)25)19-20(17-8-9-18(23)31-17)26-27-21(19)22(30)28-29(2)10-4-3-5-11-29/h6-9,12-13H,3-5,10-11H2,1-2H3,(H-,26,27,28,30)/p+1. The number of carbonyl (C=O) groups excluding carboxylic acids is 1. The van der Waals surface area contributed by atoms with Crippen LogP contribution in [0.3, 0.4) is 0 Å². The highest BCUT2D eigenvalue weighted by molar-refractivity contribution is 9.11. The van der Waals surface area contributed by atoms with E-state index < -0.39 is 0 Å². The number of aromatic nitrogens is 2. The number of nitrogens with one attached hydrogen (secondary N) is 2. The molecule has 1 fully saturated rings. The van der Waals surface area contributed by atoms with Gasteiger partial charge in [-0.1, -0.05) is 36.2 Å². The molecule has 0 saturated carbocycles. The fraction of sp³-hybridized carbons (Fsp3) is 0.364. The number of H-pyrrole nitrogens is 1. The lowest BCUT2D eigenvalue weighted by Gasteiger charge is -2.36. The fourth-order valence-corrected chi connectivity index (χ4v) is 6.18. The van der Waals surface area contributed by atoms with Crippen molar-refractivity contribution in [3.8, 4) is 10.6 Å². The summed E-state index contributed by atoms with van der Waals surface area (Å²) in [5, 5.41) is 8.74. The van der Waals surface area contributed by atoms with Gasteiger partial charge < -0.3 is 0 Å². The number of carbonyl (C=O) groups is 1. The molecule has 1 amide bonds. The van der Waals surface area contributed by atoms with E-state index in [1.54, 1.807) is 17.4 Å². The topological polar surface area (TPSA) is 57.8 Å². The Bertz CT molecular complexity index is 1110. The average molecular weight is 543 g/mol. The van der Waals surface area contributed by atoms with Crippen LogP contribution < -0.4 is 5.43 Å². The van der Waals surface area contributed by atoms with E-state index in [4.69, 9.17) is 23.2 Å². The number of likely N-dealkylation sites (tertiary alicyclic amines) is 1. The number of piperidine rings is 1. The molecule has 0 radical (unpaired) electrons. The van der Waals surface area contributed by atoms with Crippen LogP contribution in [-0.4, -0.2) is 40.8 Å². The molecule has 0 spiro atoms. The minimum absolute atomic E-state index is 0.160. The maximum atomic E-state index is 13.4. The molecular weight excluding hydrogens is 519 g/mol. The molecule has 4 rings (SSSR count). The van der Waals surface area contributed by atoms with Crippen LogP contribution >= 0.6 is 50.5 Å². The van der Waals surface area contributed by atoms with Crippen LogP contribution in [0.4, 0.5) is 0 Å². The maximum Gasteiger partial charge on any atom is 0.316 e. The average Bonchev–Trinajstić information content (AvgIpc) is 3.34. The SMILES string of the molecule is CC(c1ccc(Cl)cc1Cl)c1c(C(=O)N[N+]2(C)CCCCC2)n[nH]c1-c1ccc(Br)s1. The minimum Gasteiger partial charge on any atom is -0.276 e. The van der Waals surface area contributed by atoms with Gasteiger partial charge in [0.05, 0.1) is 21.4 Å². The van der Waals surface area contributed by atoms with E-state index >= 15 is 0 Å². The molecule has 1 atom stereocenters. The molecule has 3 heterocycles. The van der Waals surface area contributed by atoms with Gasteiger partial charge in [-0.2, -0.15) is 10.5 Å². The number of thiophene rings is 1. The first kappa shape index (κ1) is 22.8. The van der Waals surface area contributed by atoms with Gasteiger partial charge in [0.15, 0.2) is 5.69 Å². The van der Waals surface area contributed by atoms with E-state index in [0.717, 1.165) is 51.4 Å². The number of amides is 1. The van der Waals surface area contributed by atoms with E-state index in [1.165, 1.54) is 6.42 Å². The van der Waals surface area contributed by atoms with Gasteiger partial charge in [0.1, 0.15) is 13.1 Å². The van der Waals surface area contributed by atoms with Gasteiger partial charge in [-0.15, -0.1) is 11.3 Å². The lowest BCUT2D eigenvalue weighted by atomic mass is 9.90. The monoisotopic (exact) mass is 541 g/mol. The van der Waals surface area contributed by atoms with Crippen LogP contribution in [0.2, 0.25) is 10.0 Å². The number of hydrogen-bond acceptors (Lipinski definition) is 3. The van der Waals surface area contributed by atoms with Crippen LogP contribution in [0, 0.1) is 0 Å². The third-order valence-corrected chi connectivity index (χ3v) is 8.08. The summed E-state index contributed by atoms with van der Waals surface area (Å²) in [6.45, 7) is 3.89. The van der Waals surface area contributed by atoms with Crippen LogP contribution in [0.1, 0.15) is 53.7 Å². The highest BCUT2D eigenvalue weighted by Crippen LogP contribution is 2.40. The summed E-state index contributed by atoms with van der Waals surface area (Å²) < 4.78 is 1.54. The first-order valence-electron chi connectivity index (χ1n) is 10.2. The number of nitrogens with zero attached hydrogens (tertiary/aromatic N) is 2. The molecule has 9 heteroatoms. The number of benzene rings is 1. The van der Waals surface area contributed by atoms with Crippen LogP contribution in [0.5, 0.6) is 0 Å².